The second kappa shape index (κ2) is 13.3. The van der Waals surface area contributed by atoms with Gasteiger partial charge in [-0.15, -0.1) is 0 Å². The van der Waals surface area contributed by atoms with Crippen LogP contribution in [0, 0.1) is 24.2 Å². The molecule has 1 fully saturated rings. The number of aryl methyl sites for hydroxylation is 1. The largest absolute Gasteiger partial charge is 0.465 e. The number of hydrogen-bond donors (Lipinski definition) is 3. The van der Waals surface area contributed by atoms with Gasteiger partial charge in [-0.05, 0) is 80.4 Å². The summed E-state index contributed by atoms with van der Waals surface area (Å²) in [4.78, 5) is 45.8. The van der Waals surface area contributed by atoms with E-state index >= 15 is 0 Å². The molecular formula is C33H33N5O5. The van der Waals surface area contributed by atoms with E-state index in [0.717, 1.165) is 31.5 Å². The fraction of sp³-hybridized carbons (Fsp3) is 0.273. The molecule has 10 heteroatoms. The third kappa shape index (κ3) is 6.75. The number of esters is 1. The van der Waals surface area contributed by atoms with E-state index in [0.29, 0.717) is 58.1 Å². The number of methoxy groups -OCH3 is 1. The number of hydroxylamine groups is 1. The second-order valence-corrected chi connectivity index (χ2v) is 10.5. The molecule has 0 aromatic heterocycles. The monoisotopic (exact) mass is 579 g/mol. The summed E-state index contributed by atoms with van der Waals surface area (Å²) in [5.41, 5.74) is 7.68. The molecule has 3 aromatic carbocycles. The minimum atomic E-state index is -0.473. The Kier molecular flexibility index (Phi) is 9.15. The van der Waals surface area contributed by atoms with Gasteiger partial charge in [-0.2, -0.15) is 5.26 Å². The smallest absolute Gasteiger partial charge is 0.338 e. The number of nitrogens with zero attached hydrogens (tertiary/aromatic N) is 2. The second-order valence-electron chi connectivity index (χ2n) is 10.5. The maximum absolute atomic E-state index is 13.3. The number of ether oxygens (including phenoxy) is 1. The third-order valence-corrected chi connectivity index (χ3v) is 7.69. The van der Waals surface area contributed by atoms with Gasteiger partial charge in [0.25, 0.3) is 11.8 Å². The molecule has 0 atom stereocenters. The first kappa shape index (κ1) is 29.5. The molecule has 0 radical (unpaired) electrons. The van der Waals surface area contributed by atoms with Gasteiger partial charge < -0.3 is 20.3 Å². The van der Waals surface area contributed by atoms with Crippen LogP contribution in [0.5, 0.6) is 0 Å². The fourth-order valence-corrected chi connectivity index (χ4v) is 5.27. The molecule has 2 aliphatic heterocycles. The average Bonchev–Trinajstić information content (AvgIpc) is 3.36. The number of anilines is 2. The number of hydrogen-bond acceptors (Lipinski definition) is 8. The van der Waals surface area contributed by atoms with E-state index in [2.05, 4.69) is 27.1 Å². The number of benzene rings is 3. The molecule has 0 unspecified atom stereocenters. The lowest BCUT2D eigenvalue weighted by molar-refractivity contribution is -0.110. The van der Waals surface area contributed by atoms with Crippen molar-refractivity contribution in [3.63, 3.8) is 0 Å². The van der Waals surface area contributed by atoms with Crippen LogP contribution in [-0.4, -0.2) is 56.0 Å². The quantitative estimate of drug-likeness (QED) is 0.145. The zero-order chi connectivity index (χ0) is 30.3. The Balaban J connectivity index is 1.30. The van der Waals surface area contributed by atoms with Crippen molar-refractivity contribution in [1.82, 2.24) is 10.4 Å². The van der Waals surface area contributed by atoms with Gasteiger partial charge in [0, 0.05) is 29.3 Å². The first-order valence-electron chi connectivity index (χ1n) is 14.1. The lowest BCUT2D eigenvalue weighted by atomic mass is 9.96. The molecule has 0 bridgehead atoms. The number of carbonyl (C=O) groups excluding carboxylic acids is 3. The van der Waals surface area contributed by atoms with E-state index in [1.165, 1.54) is 7.11 Å². The minimum Gasteiger partial charge on any atom is -0.465 e. The van der Waals surface area contributed by atoms with Crippen LogP contribution in [-0.2, 0) is 14.4 Å². The van der Waals surface area contributed by atoms with Gasteiger partial charge in [-0.1, -0.05) is 30.3 Å². The highest BCUT2D eigenvalue weighted by Gasteiger charge is 2.30. The van der Waals surface area contributed by atoms with E-state index < -0.39 is 5.97 Å². The minimum absolute atomic E-state index is 0.130. The number of piperidine rings is 1. The number of nitrogens with one attached hydrogen (secondary N) is 3. The highest BCUT2D eigenvalue weighted by atomic mass is 16.7. The van der Waals surface area contributed by atoms with Crippen molar-refractivity contribution in [2.45, 2.75) is 19.8 Å². The molecule has 1 saturated heterocycles. The molecule has 0 aliphatic carbocycles. The van der Waals surface area contributed by atoms with Crippen LogP contribution in [0.2, 0.25) is 0 Å². The van der Waals surface area contributed by atoms with Crippen molar-refractivity contribution < 1.29 is 24.0 Å². The van der Waals surface area contributed by atoms with E-state index in [9.17, 15) is 14.4 Å². The Morgan fingerprint density at radius 2 is 1.77 bits per heavy atom. The van der Waals surface area contributed by atoms with Crippen molar-refractivity contribution in [2.24, 2.45) is 5.92 Å². The maximum atomic E-state index is 13.3. The summed E-state index contributed by atoms with van der Waals surface area (Å²) in [6, 6.07) is 22.1. The van der Waals surface area contributed by atoms with E-state index in [1.807, 2.05) is 30.3 Å². The first-order valence-corrected chi connectivity index (χ1v) is 14.1. The Labute approximate surface area is 250 Å². The molecule has 43 heavy (non-hydrogen) atoms. The van der Waals surface area contributed by atoms with Crippen molar-refractivity contribution >= 4 is 40.4 Å². The van der Waals surface area contributed by atoms with Crippen molar-refractivity contribution in [3.8, 4) is 6.07 Å². The standard InChI is InChI=1S/C33H33N5O5/c1-21-18-27-28(19-26(21)33(41)42-2)36-32(40)29(27)30(23-6-4-3-5-7-23)35-25-10-8-24(9-11-25)31(39)37-43-17-16-38-14-12-22(20-34)13-15-38/h3-11,18-19,22,35H,12-17H2,1-2H3,(H,36,40)(H,37,39)/b30-29-. The number of nitriles is 1. The third-order valence-electron chi connectivity index (χ3n) is 7.69. The van der Waals surface area contributed by atoms with Gasteiger partial charge in [0.2, 0.25) is 0 Å². The number of fused-ring (bicyclic) bond motifs is 1. The van der Waals surface area contributed by atoms with Gasteiger partial charge in [0.1, 0.15) is 0 Å². The molecule has 2 aliphatic rings. The van der Waals surface area contributed by atoms with Crippen LogP contribution in [0.1, 0.15) is 50.2 Å². The fourth-order valence-electron chi connectivity index (χ4n) is 5.27. The van der Waals surface area contributed by atoms with Gasteiger partial charge in [0.15, 0.2) is 0 Å². The zero-order valence-corrected chi connectivity index (χ0v) is 24.1. The van der Waals surface area contributed by atoms with Crippen LogP contribution in [0.15, 0.2) is 66.7 Å². The van der Waals surface area contributed by atoms with Crippen molar-refractivity contribution in [3.05, 3.63) is 94.5 Å². The van der Waals surface area contributed by atoms with E-state index in [-0.39, 0.29) is 17.7 Å². The SMILES string of the molecule is COC(=O)c1cc2c(cc1C)/C(=C(/Nc1ccc(C(=O)NOCCN3CCC(C#N)CC3)cc1)c1ccccc1)C(=O)N2. The molecule has 0 spiro atoms. The lowest BCUT2D eigenvalue weighted by Crippen LogP contribution is -2.37. The number of amides is 2. The van der Waals surface area contributed by atoms with Gasteiger partial charge in [-0.25, -0.2) is 10.3 Å². The summed E-state index contributed by atoms with van der Waals surface area (Å²) in [6.07, 6.45) is 1.72. The Hall–Kier alpha value is -4.98. The first-order chi connectivity index (χ1) is 20.9. The van der Waals surface area contributed by atoms with Gasteiger partial charge in [0.05, 0.1) is 42.3 Å². The molecule has 5 rings (SSSR count). The average molecular weight is 580 g/mol. The molecule has 3 aromatic rings. The van der Waals surface area contributed by atoms with Crippen LogP contribution in [0.4, 0.5) is 11.4 Å². The number of likely N-dealkylation sites (tertiary alicyclic amines) is 1. The van der Waals surface area contributed by atoms with Crippen molar-refractivity contribution in [1.29, 1.82) is 5.26 Å². The summed E-state index contributed by atoms with van der Waals surface area (Å²) in [5, 5.41) is 15.3. The Bertz CT molecular complexity index is 1590. The maximum Gasteiger partial charge on any atom is 0.338 e. The van der Waals surface area contributed by atoms with E-state index in [1.54, 1.807) is 43.3 Å². The number of carbonyl (C=O) groups is 3. The molecule has 10 nitrogen and oxygen atoms in total. The van der Waals surface area contributed by atoms with Crippen LogP contribution >= 0.6 is 0 Å². The van der Waals surface area contributed by atoms with Gasteiger partial charge >= 0.3 is 5.97 Å². The van der Waals surface area contributed by atoms with E-state index in [4.69, 9.17) is 14.8 Å². The normalized spacial score (nSPS) is 16.1. The molecule has 0 saturated carbocycles. The topological polar surface area (TPSA) is 133 Å². The molecule has 2 amide bonds. The summed E-state index contributed by atoms with van der Waals surface area (Å²) in [6.45, 7) is 4.53. The Morgan fingerprint density at radius 3 is 2.44 bits per heavy atom. The highest BCUT2D eigenvalue weighted by molar-refractivity contribution is 6.37. The Morgan fingerprint density at radius 1 is 1.05 bits per heavy atom. The summed E-state index contributed by atoms with van der Waals surface area (Å²) in [7, 11) is 1.32. The molecular weight excluding hydrogens is 546 g/mol. The number of rotatable bonds is 9. The van der Waals surface area contributed by atoms with Crippen LogP contribution < -0.4 is 16.1 Å². The summed E-state index contributed by atoms with van der Waals surface area (Å²) >= 11 is 0. The zero-order valence-electron chi connectivity index (χ0n) is 24.1. The van der Waals surface area contributed by atoms with Gasteiger partial charge in [-0.3, -0.25) is 14.4 Å². The molecule has 2 heterocycles. The lowest BCUT2D eigenvalue weighted by Gasteiger charge is -2.28. The molecule has 3 N–H and O–H groups in total. The molecule has 220 valence electrons. The highest BCUT2D eigenvalue weighted by Crippen LogP contribution is 2.39. The van der Waals surface area contributed by atoms with Crippen molar-refractivity contribution in [2.75, 3.05) is 44.0 Å². The van der Waals surface area contributed by atoms with Crippen LogP contribution in [0.25, 0.3) is 11.3 Å². The predicted octanol–water partition coefficient (Wildman–Crippen LogP) is 4.61. The summed E-state index contributed by atoms with van der Waals surface area (Å²) in [5.74, 6) is -1.01. The predicted molar refractivity (Wildman–Crippen MR) is 163 cm³/mol. The van der Waals surface area contributed by atoms with Crippen LogP contribution in [0.3, 0.4) is 0 Å². The summed E-state index contributed by atoms with van der Waals surface area (Å²) < 4.78 is 4.89.